The lowest BCUT2D eigenvalue weighted by Gasteiger charge is -2.30. The third-order valence-corrected chi connectivity index (χ3v) is 6.73. The van der Waals surface area contributed by atoms with Gasteiger partial charge in [0.1, 0.15) is 5.75 Å². The summed E-state index contributed by atoms with van der Waals surface area (Å²) in [5.74, 6) is -0.0754. The van der Waals surface area contributed by atoms with E-state index in [2.05, 4.69) is 0 Å². The Morgan fingerprint density at radius 3 is 2.16 bits per heavy atom. The van der Waals surface area contributed by atoms with Gasteiger partial charge in [0, 0.05) is 42.7 Å². The molecule has 8 heteroatoms. The summed E-state index contributed by atoms with van der Waals surface area (Å²) >= 11 is 0. The molecule has 1 aromatic rings. The second kappa shape index (κ2) is 8.91. The molecule has 0 spiro atoms. The SMILES string of the molecule is CC(C)N(C(=O)CS(=O)Cc1cccc(S(=O)(=O)N(C)C)c1)C(C)C. The van der Waals surface area contributed by atoms with Gasteiger partial charge in [0.15, 0.2) is 0 Å². The fourth-order valence-electron chi connectivity index (χ4n) is 2.63. The fraction of sp³-hybridized carbons (Fsp3) is 0.588. The van der Waals surface area contributed by atoms with Crippen LogP contribution in [0.5, 0.6) is 0 Å². The van der Waals surface area contributed by atoms with E-state index in [-0.39, 0.29) is 34.4 Å². The molecule has 1 unspecified atom stereocenters. The maximum absolute atomic E-state index is 12.4. The molecule has 0 saturated carbocycles. The Morgan fingerprint density at radius 1 is 1.12 bits per heavy atom. The maximum atomic E-state index is 12.4. The minimum Gasteiger partial charge on any atom is -0.337 e. The third kappa shape index (κ3) is 5.90. The van der Waals surface area contributed by atoms with E-state index in [1.54, 1.807) is 17.0 Å². The second-order valence-corrected chi connectivity index (χ2v) is 10.3. The van der Waals surface area contributed by atoms with E-state index in [1.807, 2.05) is 27.7 Å². The molecule has 1 atom stereocenters. The molecule has 6 nitrogen and oxygen atoms in total. The topological polar surface area (TPSA) is 74.8 Å². The van der Waals surface area contributed by atoms with Gasteiger partial charge in [-0.25, -0.2) is 12.7 Å². The summed E-state index contributed by atoms with van der Waals surface area (Å²) in [5, 5.41) is 0. The number of amides is 1. The van der Waals surface area contributed by atoms with Crippen molar-refractivity contribution in [2.75, 3.05) is 19.8 Å². The summed E-state index contributed by atoms with van der Waals surface area (Å²) in [6, 6.07) is 6.45. The molecule has 1 amide bonds. The average molecular weight is 389 g/mol. The van der Waals surface area contributed by atoms with Crippen molar-refractivity contribution in [1.29, 1.82) is 0 Å². The van der Waals surface area contributed by atoms with Crippen LogP contribution in [0.1, 0.15) is 33.3 Å². The molecule has 0 aliphatic heterocycles. The standard InChI is InChI=1S/C17H28N2O4S2/c1-13(2)19(14(3)4)17(20)12-24(21)11-15-8-7-9-16(10-15)25(22,23)18(5)6/h7-10,13-14H,11-12H2,1-6H3. The molecule has 0 aliphatic rings. The number of hydrogen-bond acceptors (Lipinski definition) is 4. The van der Waals surface area contributed by atoms with E-state index in [0.717, 1.165) is 4.31 Å². The van der Waals surface area contributed by atoms with Crippen LogP contribution in [0, 0.1) is 0 Å². The fourth-order valence-corrected chi connectivity index (χ4v) is 4.68. The summed E-state index contributed by atoms with van der Waals surface area (Å²) in [5.41, 5.74) is 0.634. The van der Waals surface area contributed by atoms with Crippen LogP contribution in [0.3, 0.4) is 0 Å². The summed E-state index contributed by atoms with van der Waals surface area (Å²) in [4.78, 5) is 14.2. The molecule has 1 aromatic carbocycles. The van der Waals surface area contributed by atoms with Crippen LogP contribution >= 0.6 is 0 Å². The predicted octanol–water partition coefficient (Wildman–Crippen LogP) is 1.83. The van der Waals surface area contributed by atoms with Crippen molar-refractivity contribution in [1.82, 2.24) is 9.21 Å². The van der Waals surface area contributed by atoms with Crippen molar-refractivity contribution in [3.05, 3.63) is 29.8 Å². The van der Waals surface area contributed by atoms with Gasteiger partial charge in [-0.3, -0.25) is 9.00 Å². The zero-order valence-electron chi connectivity index (χ0n) is 15.7. The van der Waals surface area contributed by atoms with Gasteiger partial charge in [-0.2, -0.15) is 0 Å². The summed E-state index contributed by atoms with van der Waals surface area (Å²) in [6.07, 6.45) is 0. The van der Waals surface area contributed by atoms with Crippen molar-refractivity contribution < 1.29 is 17.4 Å². The predicted molar refractivity (Wildman–Crippen MR) is 101 cm³/mol. The van der Waals surface area contributed by atoms with E-state index in [9.17, 15) is 17.4 Å². The van der Waals surface area contributed by atoms with Gasteiger partial charge >= 0.3 is 0 Å². The minimum absolute atomic E-state index is 0.0399. The van der Waals surface area contributed by atoms with Crippen LogP contribution in [0.4, 0.5) is 0 Å². The first-order chi connectivity index (χ1) is 11.5. The Labute approximate surface area is 153 Å². The number of carbonyl (C=O) groups is 1. The Hall–Kier alpha value is -1.25. The number of hydrogen-bond donors (Lipinski definition) is 0. The first kappa shape index (κ1) is 21.8. The summed E-state index contributed by atoms with van der Waals surface area (Å²) < 4.78 is 37.9. The zero-order chi connectivity index (χ0) is 19.4. The molecule has 0 aromatic heterocycles. The van der Waals surface area contributed by atoms with Gasteiger partial charge in [0.25, 0.3) is 0 Å². The zero-order valence-corrected chi connectivity index (χ0v) is 17.4. The molecule has 0 bridgehead atoms. The monoisotopic (exact) mass is 388 g/mol. The van der Waals surface area contributed by atoms with Crippen LogP contribution < -0.4 is 0 Å². The van der Waals surface area contributed by atoms with Gasteiger partial charge in [0.05, 0.1) is 4.90 Å². The maximum Gasteiger partial charge on any atom is 0.242 e. The highest BCUT2D eigenvalue weighted by Crippen LogP contribution is 2.16. The molecule has 0 fully saturated rings. The van der Waals surface area contributed by atoms with Gasteiger partial charge < -0.3 is 4.90 Å². The quantitative estimate of drug-likeness (QED) is 0.681. The molecular formula is C17H28N2O4S2. The van der Waals surface area contributed by atoms with Gasteiger partial charge in [-0.1, -0.05) is 12.1 Å². The number of nitrogens with zero attached hydrogens (tertiary/aromatic N) is 2. The number of rotatable bonds is 8. The largest absolute Gasteiger partial charge is 0.337 e. The van der Waals surface area contributed by atoms with Gasteiger partial charge in [-0.15, -0.1) is 0 Å². The van der Waals surface area contributed by atoms with E-state index in [1.165, 1.54) is 26.2 Å². The van der Waals surface area contributed by atoms with Crippen LogP contribution in [0.15, 0.2) is 29.2 Å². The van der Waals surface area contributed by atoms with Crippen molar-refractivity contribution in [2.45, 2.75) is 50.4 Å². The third-order valence-electron chi connectivity index (χ3n) is 3.69. The van der Waals surface area contributed by atoms with E-state index in [0.29, 0.717) is 5.56 Å². The Balaban J connectivity index is 2.87. The second-order valence-electron chi connectivity index (χ2n) is 6.65. The Bertz CT molecular complexity index is 720. The molecule has 25 heavy (non-hydrogen) atoms. The molecule has 1 rings (SSSR count). The highest BCUT2D eigenvalue weighted by Gasteiger charge is 2.22. The first-order valence-electron chi connectivity index (χ1n) is 8.14. The van der Waals surface area contributed by atoms with E-state index < -0.39 is 20.8 Å². The van der Waals surface area contributed by atoms with Gasteiger partial charge in [0.2, 0.25) is 15.9 Å². The van der Waals surface area contributed by atoms with Gasteiger partial charge in [-0.05, 0) is 45.4 Å². The number of sulfonamides is 1. The van der Waals surface area contributed by atoms with Crippen LogP contribution in [0.2, 0.25) is 0 Å². The lowest BCUT2D eigenvalue weighted by molar-refractivity contribution is -0.131. The minimum atomic E-state index is -3.53. The lowest BCUT2D eigenvalue weighted by atomic mass is 10.2. The molecular weight excluding hydrogens is 360 g/mol. The molecule has 0 aliphatic carbocycles. The van der Waals surface area contributed by atoms with Crippen molar-refractivity contribution >= 4 is 26.7 Å². The number of benzene rings is 1. The molecule has 0 radical (unpaired) electrons. The van der Waals surface area contributed by atoms with Crippen molar-refractivity contribution in [2.24, 2.45) is 0 Å². The van der Waals surface area contributed by atoms with Crippen molar-refractivity contribution in [3.8, 4) is 0 Å². The van der Waals surface area contributed by atoms with E-state index in [4.69, 9.17) is 0 Å². The molecule has 0 N–H and O–H groups in total. The number of carbonyl (C=O) groups excluding carboxylic acids is 1. The van der Waals surface area contributed by atoms with Crippen LogP contribution in [0.25, 0.3) is 0 Å². The normalized spacial score (nSPS) is 13.5. The molecule has 142 valence electrons. The summed E-state index contributed by atoms with van der Waals surface area (Å²) in [6.45, 7) is 7.71. The average Bonchev–Trinajstić information content (AvgIpc) is 2.45. The highest BCUT2D eigenvalue weighted by molar-refractivity contribution is 7.89. The molecule has 0 heterocycles. The lowest BCUT2D eigenvalue weighted by Crippen LogP contribution is -2.44. The first-order valence-corrected chi connectivity index (χ1v) is 11.1. The van der Waals surface area contributed by atoms with E-state index >= 15 is 0 Å². The molecule has 0 saturated heterocycles. The highest BCUT2D eigenvalue weighted by atomic mass is 32.2. The van der Waals surface area contributed by atoms with Crippen molar-refractivity contribution in [3.63, 3.8) is 0 Å². The van der Waals surface area contributed by atoms with Crippen LogP contribution in [-0.4, -0.2) is 59.7 Å². The Kier molecular flexibility index (Phi) is 7.77. The Morgan fingerprint density at radius 2 is 1.68 bits per heavy atom. The van der Waals surface area contributed by atoms with Crippen LogP contribution in [-0.2, 0) is 31.4 Å². The summed E-state index contributed by atoms with van der Waals surface area (Å²) in [7, 11) is -2.01. The smallest absolute Gasteiger partial charge is 0.242 e.